The summed E-state index contributed by atoms with van der Waals surface area (Å²) < 4.78 is 5.30. The molecule has 1 unspecified atom stereocenters. The van der Waals surface area contributed by atoms with Crippen molar-refractivity contribution in [2.75, 3.05) is 12.0 Å². The number of ether oxygens (including phenoxy) is 1. The molecule has 0 bridgehead atoms. The highest BCUT2D eigenvalue weighted by atomic mass is 16.5. The molecule has 1 amide bonds. The molecule has 2 heterocycles. The Balaban J connectivity index is 1.85. The Hall–Kier alpha value is -2.95. The van der Waals surface area contributed by atoms with Gasteiger partial charge in [-0.3, -0.25) is 19.5 Å². The van der Waals surface area contributed by atoms with Crippen molar-refractivity contribution in [3.8, 4) is 5.75 Å². The van der Waals surface area contributed by atoms with Crippen molar-refractivity contribution in [2.24, 2.45) is 0 Å². The van der Waals surface area contributed by atoms with Gasteiger partial charge in [-0.05, 0) is 37.1 Å². The lowest BCUT2D eigenvalue weighted by Crippen LogP contribution is -2.40. The van der Waals surface area contributed by atoms with Crippen molar-refractivity contribution in [3.05, 3.63) is 65.6 Å². The monoisotopic (exact) mass is 348 g/mol. The topological polar surface area (TPSA) is 59.5 Å². The van der Waals surface area contributed by atoms with Gasteiger partial charge < -0.3 is 4.74 Å². The average molecular weight is 348 g/mol. The molecule has 0 N–H and O–H groups in total. The van der Waals surface area contributed by atoms with E-state index in [-0.39, 0.29) is 24.0 Å². The molecule has 0 fully saturated rings. The van der Waals surface area contributed by atoms with E-state index in [4.69, 9.17) is 4.74 Å². The summed E-state index contributed by atoms with van der Waals surface area (Å²) >= 11 is 0. The molecule has 2 aromatic rings. The summed E-state index contributed by atoms with van der Waals surface area (Å²) in [7, 11) is 1.60. The van der Waals surface area contributed by atoms with Gasteiger partial charge in [-0.15, -0.1) is 0 Å². The van der Waals surface area contributed by atoms with E-state index < -0.39 is 0 Å². The van der Waals surface area contributed by atoms with Crippen LogP contribution < -0.4 is 9.64 Å². The number of methoxy groups -OCH3 is 1. The highest BCUT2D eigenvalue weighted by molar-refractivity contribution is 6.07. The Morgan fingerprint density at radius 2 is 2.00 bits per heavy atom. The minimum absolute atomic E-state index is 0.0117. The van der Waals surface area contributed by atoms with Crippen LogP contribution in [0.3, 0.4) is 0 Å². The molecule has 1 aromatic carbocycles. The molecule has 1 aliphatic heterocycles. The van der Waals surface area contributed by atoms with Gasteiger partial charge in [0.1, 0.15) is 5.75 Å². The lowest BCUT2D eigenvalue weighted by molar-refractivity contribution is -0.120. The number of hydrogen-bond donors (Lipinski definition) is 0. The summed E-state index contributed by atoms with van der Waals surface area (Å²) in [4.78, 5) is 31.9. The molecule has 0 spiro atoms. The van der Waals surface area contributed by atoms with E-state index in [0.717, 1.165) is 29.1 Å². The van der Waals surface area contributed by atoms with Crippen molar-refractivity contribution >= 4 is 17.4 Å². The van der Waals surface area contributed by atoms with E-state index in [9.17, 15) is 9.59 Å². The molecule has 1 aliphatic carbocycles. The summed E-state index contributed by atoms with van der Waals surface area (Å²) in [5.74, 6) is 0.546. The molecular formula is C21H20N2O3. The third kappa shape index (κ3) is 2.79. The first kappa shape index (κ1) is 16.5. The van der Waals surface area contributed by atoms with Gasteiger partial charge in [0, 0.05) is 48.0 Å². The van der Waals surface area contributed by atoms with Crippen molar-refractivity contribution in [2.45, 2.75) is 31.6 Å². The largest absolute Gasteiger partial charge is 0.497 e. The summed E-state index contributed by atoms with van der Waals surface area (Å²) in [6, 6.07) is 13.1. The van der Waals surface area contributed by atoms with Crippen molar-refractivity contribution in [1.82, 2.24) is 4.98 Å². The smallest absolute Gasteiger partial charge is 0.232 e. The second-order valence-corrected chi connectivity index (χ2v) is 6.58. The summed E-state index contributed by atoms with van der Waals surface area (Å²) in [5, 5.41) is 0. The fraction of sp³-hybridized carbons (Fsp3) is 0.286. The Labute approximate surface area is 152 Å². The molecule has 4 rings (SSSR count). The maximum absolute atomic E-state index is 13.1. The predicted octanol–water partition coefficient (Wildman–Crippen LogP) is 3.62. The molecule has 0 saturated heterocycles. The van der Waals surface area contributed by atoms with Gasteiger partial charge in [-0.25, -0.2) is 0 Å². The lowest BCUT2D eigenvalue weighted by Gasteiger charge is -2.38. The SMILES string of the molecule is COc1cccc(N2C(=O)CC(c3ccccn3)C3=C2CCCC3=O)c1. The number of carbonyl (C=O) groups is 2. The number of Topliss-reactive ketones (excluding diaryl/α,β-unsaturated/α-hetero) is 1. The Morgan fingerprint density at radius 1 is 1.12 bits per heavy atom. The van der Waals surface area contributed by atoms with E-state index in [2.05, 4.69) is 4.98 Å². The molecular weight excluding hydrogens is 328 g/mol. The molecule has 0 saturated carbocycles. The first-order chi connectivity index (χ1) is 12.7. The standard InChI is InChI=1S/C21H20N2O3/c1-26-15-7-4-6-14(12-15)23-18-9-5-10-19(24)21(18)16(13-20(23)25)17-8-2-3-11-22-17/h2-4,6-8,11-12,16H,5,9-10,13H2,1H3. The number of pyridine rings is 1. The Kier molecular flexibility index (Phi) is 4.29. The average Bonchev–Trinajstić information content (AvgIpc) is 2.68. The van der Waals surface area contributed by atoms with Crippen LogP contribution in [0.1, 0.15) is 37.3 Å². The maximum Gasteiger partial charge on any atom is 0.232 e. The summed E-state index contributed by atoms with van der Waals surface area (Å²) in [6.07, 6.45) is 3.97. The van der Waals surface area contributed by atoms with E-state index in [0.29, 0.717) is 18.6 Å². The first-order valence-corrected chi connectivity index (χ1v) is 8.83. The van der Waals surface area contributed by atoms with Gasteiger partial charge in [-0.1, -0.05) is 12.1 Å². The van der Waals surface area contributed by atoms with Crippen LogP contribution in [0.4, 0.5) is 5.69 Å². The second-order valence-electron chi connectivity index (χ2n) is 6.58. The summed E-state index contributed by atoms with van der Waals surface area (Å²) in [5.41, 5.74) is 3.10. The number of amides is 1. The molecule has 0 radical (unpaired) electrons. The van der Waals surface area contributed by atoms with Crippen LogP contribution in [-0.2, 0) is 9.59 Å². The highest BCUT2D eigenvalue weighted by Crippen LogP contribution is 2.43. The third-order valence-electron chi connectivity index (χ3n) is 5.03. The maximum atomic E-state index is 13.1. The number of carbonyl (C=O) groups excluding carboxylic acids is 2. The van der Waals surface area contributed by atoms with Gasteiger partial charge in [-0.2, -0.15) is 0 Å². The number of benzene rings is 1. The third-order valence-corrected chi connectivity index (χ3v) is 5.03. The number of nitrogens with zero attached hydrogens (tertiary/aromatic N) is 2. The quantitative estimate of drug-likeness (QED) is 0.850. The van der Waals surface area contributed by atoms with E-state index in [1.807, 2.05) is 42.5 Å². The van der Waals surface area contributed by atoms with Gasteiger partial charge in [0.15, 0.2) is 5.78 Å². The highest BCUT2D eigenvalue weighted by Gasteiger charge is 2.40. The molecule has 1 aromatic heterocycles. The van der Waals surface area contributed by atoms with Crippen molar-refractivity contribution in [3.63, 3.8) is 0 Å². The zero-order valence-electron chi connectivity index (χ0n) is 14.6. The zero-order chi connectivity index (χ0) is 18.1. The first-order valence-electron chi connectivity index (χ1n) is 8.83. The number of hydrogen-bond acceptors (Lipinski definition) is 4. The predicted molar refractivity (Wildman–Crippen MR) is 98.0 cm³/mol. The van der Waals surface area contributed by atoms with Crippen LogP contribution in [0.25, 0.3) is 0 Å². The lowest BCUT2D eigenvalue weighted by atomic mass is 9.78. The molecule has 2 aliphatic rings. The number of aromatic nitrogens is 1. The van der Waals surface area contributed by atoms with E-state index in [1.165, 1.54) is 0 Å². The van der Waals surface area contributed by atoms with Crippen molar-refractivity contribution in [1.29, 1.82) is 0 Å². The molecule has 5 nitrogen and oxygen atoms in total. The van der Waals surface area contributed by atoms with Gasteiger partial charge in [0.25, 0.3) is 0 Å². The number of anilines is 1. The molecule has 26 heavy (non-hydrogen) atoms. The summed E-state index contributed by atoms with van der Waals surface area (Å²) in [6.45, 7) is 0. The normalized spacial score (nSPS) is 20.2. The molecule has 132 valence electrons. The number of rotatable bonds is 3. The van der Waals surface area contributed by atoms with E-state index in [1.54, 1.807) is 18.2 Å². The van der Waals surface area contributed by atoms with E-state index >= 15 is 0 Å². The zero-order valence-corrected chi connectivity index (χ0v) is 14.6. The minimum Gasteiger partial charge on any atom is -0.497 e. The fourth-order valence-electron chi connectivity index (χ4n) is 3.88. The van der Waals surface area contributed by atoms with Crippen LogP contribution in [0.2, 0.25) is 0 Å². The Morgan fingerprint density at radius 3 is 2.77 bits per heavy atom. The van der Waals surface area contributed by atoms with Gasteiger partial charge in [0.2, 0.25) is 5.91 Å². The van der Waals surface area contributed by atoms with Gasteiger partial charge >= 0.3 is 0 Å². The molecule has 1 atom stereocenters. The molecule has 5 heteroatoms. The minimum atomic E-state index is -0.256. The number of allylic oxidation sites excluding steroid dienone is 2. The van der Waals surface area contributed by atoms with Crippen LogP contribution >= 0.6 is 0 Å². The fourth-order valence-corrected chi connectivity index (χ4v) is 3.88. The number of ketones is 1. The van der Waals surface area contributed by atoms with Crippen LogP contribution in [-0.4, -0.2) is 23.8 Å². The Bertz CT molecular complexity index is 889. The second kappa shape index (κ2) is 6.75. The van der Waals surface area contributed by atoms with Crippen LogP contribution in [0.5, 0.6) is 5.75 Å². The van der Waals surface area contributed by atoms with Crippen LogP contribution in [0.15, 0.2) is 59.9 Å². The van der Waals surface area contributed by atoms with Crippen molar-refractivity contribution < 1.29 is 14.3 Å². The van der Waals surface area contributed by atoms with Gasteiger partial charge in [0.05, 0.1) is 12.8 Å². The van der Waals surface area contributed by atoms with Crippen LogP contribution in [0, 0.1) is 0 Å².